The lowest BCUT2D eigenvalue weighted by Gasteiger charge is -2.31. The fourth-order valence-corrected chi connectivity index (χ4v) is 4.14. The van der Waals surface area contributed by atoms with Crippen LogP contribution in [0, 0.1) is 5.92 Å². The van der Waals surface area contributed by atoms with E-state index in [0.717, 1.165) is 35.5 Å². The predicted octanol–water partition coefficient (Wildman–Crippen LogP) is 3.23. The van der Waals surface area contributed by atoms with Crippen molar-refractivity contribution in [3.8, 4) is 23.0 Å². The van der Waals surface area contributed by atoms with Gasteiger partial charge in [-0.25, -0.2) is 0 Å². The quantitative estimate of drug-likeness (QED) is 0.664. The standard InChI is InChI=1S/C26H26N2O6/c29-25(7-3-18-1-5-21-23(13-18)33-16-31-21)27-15-20-9-11-28(12-10-20)26(30)8-4-19-2-6-22-24(14-19)34-17-32-22/h1-8,13-14,20H,9-12,15-17H2,(H,27,29)/b7-3-,8-4-. The second-order valence-corrected chi connectivity index (χ2v) is 8.41. The minimum atomic E-state index is -0.136. The number of nitrogens with zero attached hydrogens (tertiary/aromatic N) is 1. The maximum absolute atomic E-state index is 12.6. The fourth-order valence-electron chi connectivity index (χ4n) is 4.14. The lowest BCUT2D eigenvalue weighted by atomic mass is 9.96. The molecule has 3 heterocycles. The molecule has 0 radical (unpaired) electrons. The predicted molar refractivity (Wildman–Crippen MR) is 126 cm³/mol. The largest absolute Gasteiger partial charge is 0.454 e. The second-order valence-electron chi connectivity index (χ2n) is 8.41. The number of carbonyl (C=O) groups is 2. The third-order valence-corrected chi connectivity index (χ3v) is 6.13. The van der Waals surface area contributed by atoms with Crippen molar-refractivity contribution >= 4 is 24.0 Å². The molecule has 2 amide bonds. The summed E-state index contributed by atoms with van der Waals surface area (Å²) < 4.78 is 21.3. The van der Waals surface area contributed by atoms with Gasteiger partial charge in [0.25, 0.3) is 0 Å². The van der Waals surface area contributed by atoms with Crippen molar-refractivity contribution in [3.63, 3.8) is 0 Å². The Balaban J connectivity index is 1.04. The van der Waals surface area contributed by atoms with Gasteiger partial charge in [-0.3, -0.25) is 9.59 Å². The number of nitrogens with one attached hydrogen (secondary N) is 1. The zero-order valence-corrected chi connectivity index (χ0v) is 18.7. The summed E-state index contributed by atoms with van der Waals surface area (Å²) in [5.41, 5.74) is 1.77. The van der Waals surface area contributed by atoms with Gasteiger partial charge in [0.15, 0.2) is 23.0 Å². The summed E-state index contributed by atoms with van der Waals surface area (Å²) in [5, 5.41) is 2.96. The number of hydrogen-bond acceptors (Lipinski definition) is 6. The Kier molecular flexibility index (Phi) is 6.38. The highest BCUT2D eigenvalue weighted by Crippen LogP contribution is 2.33. The van der Waals surface area contributed by atoms with E-state index in [-0.39, 0.29) is 25.4 Å². The van der Waals surface area contributed by atoms with Gasteiger partial charge >= 0.3 is 0 Å². The van der Waals surface area contributed by atoms with Gasteiger partial charge in [-0.1, -0.05) is 12.1 Å². The van der Waals surface area contributed by atoms with Crippen molar-refractivity contribution in [3.05, 3.63) is 59.7 Å². The number of hydrogen-bond donors (Lipinski definition) is 1. The zero-order chi connectivity index (χ0) is 23.3. The summed E-state index contributed by atoms with van der Waals surface area (Å²) in [5.74, 6) is 3.04. The van der Waals surface area contributed by atoms with Crippen LogP contribution in [0.4, 0.5) is 0 Å². The van der Waals surface area contributed by atoms with Gasteiger partial charge in [0.05, 0.1) is 0 Å². The molecule has 3 aliphatic heterocycles. The highest BCUT2D eigenvalue weighted by Gasteiger charge is 2.22. The van der Waals surface area contributed by atoms with E-state index in [9.17, 15) is 9.59 Å². The molecule has 1 fully saturated rings. The molecule has 5 rings (SSSR count). The summed E-state index contributed by atoms with van der Waals surface area (Å²) in [4.78, 5) is 26.6. The first-order valence-corrected chi connectivity index (χ1v) is 11.4. The van der Waals surface area contributed by atoms with Gasteiger partial charge in [0.2, 0.25) is 25.4 Å². The average molecular weight is 463 g/mol. The number of likely N-dealkylation sites (tertiary alicyclic amines) is 1. The lowest BCUT2D eigenvalue weighted by molar-refractivity contribution is -0.127. The number of benzene rings is 2. The Hall–Kier alpha value is -3.94. The number of fused-ring (bicyclic) bond motifs is 2. The van der Waals surface area contributed by atoms with E-state index in [1.54, 1.807) is 18.2 Å². The first-order chi connectivity index (χ1) is 16.6. The third kappa shape index (κ3) is 5.17. The molecule has 2 aromatic rings. The molecule has 3 aliphatic rings. The third-order valence-electron chi connectivity index (χ3n) is 6.13. The number of amides is 2. The van der Waals surface area contributed by atoms with Gasteiger partial charge < -0.3 is 29.2 Å². The van der Waals surface area contributed by atoms with Crippen molar-refractivity contribution in [2.24, 2.45) is 5.92 Å². The smallest absolute Gasteiger partial charge is 0.246 e. The SMILES string of the molecule is O=C(/C=C\c1ccc2c(c1)OCO2)NCC1CCN(C(=O)/C=C\c2ccc3c(c2)OCO3)CC1. The van der Waals surface area contributed by atoms with Crippen molar-refractivity contribution in [2.45, 2.75) is 12.8 Å². The van der Waals surface area contributed by atoms with Crippen molar-refractivity contribution in [2.75, 3.05) is 33.2 Å². The summed E-state index contributed by atoms with van der Waals surface area (Å²) in [7, 11) is 0. The van der Waals surface area contributed by atoms with E-state index in [1.807, 2.05) is 41.3 Å². The van der Waals surface area contributed by atoms with Crippen LogP contribution in [0.15, 0.2) is 48.6 Å². The van der Waals surface area contributed by atoms with Crippen LogP contribution >= 0.6 is 0 Å². The monoisotopic (exact) mass is 462 g/mol. The Labute approximate surface area is 197 Å². The van der Waals surface area contributed by atoms with Gasteiger partial charge in [0.1, 0.15) is 0 Å². The summed E-state index contributed by atoms with van der Waals surface area (Å²) in [6.07, 6.45) is 8.39. The maximum Gasteiger partial charge on any atom is 0.246 e. The first kappa shape index (κ1) is 21.9. The molecule has 8 heteroatoms. The molecule has 0 unspecified atom stereocenters. The maximum atomic E-state index is 12.6. The number of carbonyl (C=O) groups excluding carboxylic acids is 2. The lowest BCUT2D eigenvalue weighted by Crippen LogP contribution is -2.40. The molecule has 176 valence electrons. The molecule has 0 bridgehead atoms. The van der Waals surface area contributed by atoms with Crippen LogP contribution < -0.4 is 24.3 Å². The summed E-state index contributed by atoms with van der Waals surface area (Å²) >= 11 is 0. The van der Waals surface area contributed by atoms with Crippen LogP contribution in [0.2, 0.25) is 0 Å². The first-order valence-electron chi connectivity index (χ1n) is 11.4. The number of piperidine rings is 1. The Bertz CT molecular complexity index is 1130. The summed E-state index contributed by atoms with van der Waals surface area (Å²) in [6.45, 7) is 2.41. The zero-order valence-electron chi connectivity index (χ0n) is 18.7. The van der Waals surface area contributed by atoms with Crippen molar-refractivity contribution in [1.29, 1.82) is 0 Å². The van der Waals surface area contributed by atoms with Crippen LogP contribution in [0.25, 0.3) is 12.2 Å². The van der Waals surface area contributed by atoms with Crippen LogP contribution in [0.5, 0.6) is 23.0 Å². The molecule has 1 saturated heterocycles. The van der Waals surface area contributed by atoms with E-state index < -0.39 is 0 Å². The highest BCUT2D eigenvalue weighted by molar-refractivity contribution is 5.92. The molecule has 1 N–H and O–H groups in total. The van der Waals surface area contributed by atoms with Gasteiger partial charge in [-0.15, -0.1) is 0 Å². The number of ether oxygens (including phenoxy) is 4. The molecule has 0 atom stereocenters. The topological polar surface area (TPSA) is 86.3 Å². The average Bonchev–Trinajstić information content (AvgIpc) is 3.53. The van der Waals surface area contributed by atoms with Crippen LogP contribution in [0.1, 0.15) is 24.0 Å². The van der Waals surface area contributed by atoms with E-state index in [4.69, 9.17) is 18.9 Å². The molecule has 34 heavy (non-hydrogen) atoms. The van der Waals surface area contributed by atoms with E-state index in [1.165, 1.54) is 6.08 Å². The second kappa shape index (κ2) is 9.91. The van der Waals surface area contributed by atoms with Crippen molar-refractivity contribution in [1.82, 2.24) is 10.2 Å². The minimum Gasteiger partial charge on any atom is -0.454 e. The van der Waals surface area contributed by atoms with E-state index in [0.29, 0.717) is 37.1 Å². The highest BCUT2D eigenvalue weighted by atomic mass is 16.7. The number of rotatable bonds is 6. The fraction of sp³-hybridized carbons (Fsp3) is 0.308. The molecule has 0 aromatic heterocycles. The molecular formula is C26H26N2O6. The van der Waals surface area contributed by atoms with Gasteiger partial charge in [-0.2, -0.15) is 0 Å². The Morgan fingerprint density at radius 3 is 2.00 bits per heavy atom. The van der Waals surface area contributed by atoms with Crippen molar-refractivity contribution < 1.29 is 28.5 Å². The molecule has 0 saturated carbocycles. The van der Waals surface area contributed by atoms with Crippen LogP contribution in [0.3, 0.4) is 0 Å². The molecule has 0 spiro atoms. The van der Waals surface area contributed by atoms with E-state index in [2.05, 4.69) is 5.32 Å². The Morgan fingerprint density at radius 2 is 1.38 bits per heavy atom. The molecule has 0 aliphatic carbocycles. The molecule has 2 aromatic carbocycles. The minimum absolute atomic E-state index is 0.00758. The van der Waals surface area contributed by atoms with Crippen LogP contribution in [-0.2, 0) is 9.59 Å². The summed E-state index contributed by atoms with van der Waals surface area (Å²) in [6, 6.07) is 11.2. The normalized spacial score (nSPS) is 17.0. The Morgan fingerprint density at radius 1 is 0.824 bits per heavy atom. The molecule has 8 nitrogen and oxygen atoms in total. The van der Waals surface area contributed by atoms with Crippen LogP contribution in [-0.4, -0.2) is 49.9 Å². The van der Waals surface area contributed by atoms with Gasteiger partial charge in [0, 0.05) is 31.8 Å². The van der Waals surface area contributed by atoms with Gasteiger partial charge in [-0.05, 0) is 66.3 Å². The molecular weight excluding hydrogens is 436 g/mol. The van der Waals surface area contributed by atoms with E-state index >= 15 is 0 Å².